The monoisotopic (exact) mass is 416 g/mol. The molecular weight excluding hydrogens is 392 g/mol. The van der Waals surface area contributed by atoms with Crippen LogP contribution in [-0.4, -0.2) is 48.6 Å². The van der Waals surface area contributed by atoms with Gasteiger partial charge in [0.15, 0.2) is 23.0 Å². The Kier molecular flexibility index (Phi) is 9.48. The molecule has 0 saturated carbocycles. The van der Waals surface area contributed by atoms with Gasteiger partial charge in [0.25, 0.3) is 0 Å². The van der Waals surface area contributed by atoms with Crippen LogP contribution in [0.3, 0.4) is 0 Å². The lowest BCUT2D eigenvalue weighted by molar-refractivity contribution is -0.135. The van der Waals surface area contributed by atoms with Gasteiger partial charge in [-0.25, -0.2) is 9.59 Å². The standard InChI is InChI=1S/2C11H12O4/c1-14-10-7-8(3-5-9(10)12)4-6-11(13)15-2;1-7(11(13)14)5-8-3-4-9(12)10(6-8)15-2/h3-7,12H,1-2H3;3-6,12H,1-2H3,(H,13,14)/b6-4+;. The Morgan fingerprint density at radius 1 is 0.867 bits per heavy atom. The maximum Gasteiger partial charge on any atom is 0.331 e. The zero-order chi connectivity index (χ0) is 22.7. The fourth-order valence-corrected chi connectivity index (χ4v) is 2.13. The number of rotatable bonds is 6. The van der Waals surface area contributed by atoms with Crippen molar-refractivity contribution in [3.63, 3.8) is 0 Å². The average Bonchev–Trinajstić information content (AvgIpc) is 2.74. The van der Waals surface area contributed by atoms with E-state index in [0.717, 1.165) is 5.56 Å². The number of carboxylic acid groups (broad SMARTS) is 1. The molecule has 2 aromatic carbocycles. The van der Waals surface area contributed by atoms with Gasteiger partial charge in [0.1, 0.15) is 0 Å². The molecule has 2 rings (SSSR count). The molecule has 0 aromatic heterocycles. The van der Waals surface area contributed by atoms with E-state index in [9.17, 15) is 19.8 Å². The molecule has 3 N–H and O–H groups in total. The maximum atomic E-state index is 10.8. The summed E-state index contributed by atoms with van der Waals surface area (Å²) in [5.41, 5.74) is 1.64. The van der Waals surface area contributed by atoms with E-state index in [0.29, 0.717) is 17.1 Å². The molecule has 0 heterocycles. The van der Waals surface area contributed by atoms with Gasteiger partial charge in [0.2, 0.25) is 0 Å². The smallest absolute Gasteiger partial charge is 0.331 e. The first-order valence-corrected chi connectivity index (χ1v) is 8.63. The van der Waals surface area contributed by atoms with Crippen molar-refractivity contribution in [1.29, 1.82) is 0 Å². The normalized spacial score (nSPS) is 10.7. The van der Waals surface area contributed by atoms with Crippen molar-refractivity contribution in [2.24, 2.45) is 0 Å². The molecule has 2 aromatic rings. The molecular formula is C22H24O8. The summed E-state index contributed by atoms with van der Waals surface area (Å²) in [5.74, 6) is -0.622. The number of carbonyl (C=O) groups is 2. The molecule has 0 atom stereocenters. The molecule has 0 aliphatic heterocycles. The first-order valence-electron chi connectivity index (χ1n) is 8.63. The zero-order valence-electron chi connectivity index (χ0n) is 17.1. The number of aromatic hydroxyl groups is 2. The number of esters is 1. The van der Waals surface area contributed by atoms with Crippen molar-refractivity contribution in [3.8, 4) is 23.0 Å². The van der Waals surface area contributed by atoms with Crippen LogP contribution in [0.1, 0.15) is 18.1 Å². The summed E-state index contributed by atoms with van der Waals surface area (Å²) < 4.78 is 14.3. The van der Waals surface area contributed by atoms with Crippen LogP contribution in [0.4, 0.5) is 0 Å². The number of hydrogen-bond donors (Lipinski definition) is 3. The van der Waals surface area contributed by atoms with Gasteiger partial charge in [-0.3, -0.25) is 0 Å². The van der Waals surface area contributed by atoms with E-state index < -0.39 is 11.9 Å². The van der Waals surface area contributed by atoms with E-state index in [-0.39, 0.29) is 17.1 Å². The highest BCUT2D eigenvalue weighted by Gasteiger charge is 2.04. The number of aliphatic carboxylic acids is 1. The Bertz CT molecular complexity index is 942. The third kappa shape index (κ3) is 7.59. The minimum atomic E-state index is -0.970. The van der Waals surface area contributed by atoms with E-state index in [1.165, 1.54) is 52.5 Å². The number of phenols is 2. The van der Waals surface area contributed by atoms with Gasteiger partial charge in [-0.2, -0.15) is 0 Å². The summed E-state index contributed by atoms with van der Waals surface area (Å²) in [4.78, 5) is 21.4. The molecule has 30 heavy (non-hydrogen) atoms. The Balaban J connectivity index is 0.000000300. The predicted molar refractivity (Wildman–Crippen MR) is 112 cm³/mol. The molecule has 0 unspecified atom stereocenters. The summed E-state index contributed by atoms with van der Waals surface area (Å²) in [7, 11) is 4.21. The van der Waals surface area contributed by atoms with Gasteiger partial charge >= 0.3 is 11.9 Å². The lowest BCUT2D eigenvalue weighted by Gasteiger charge is -2.04. The fraction of sp³-hybridized carbons (Fsp3) is 0.182. The molecule has 0 amide bonds. The van der Waals surface area contributed by atoms with E-state index in [1.54, 1.807) is 30.3 Å². The number of methoxy groups -OCH3 is 3. The van der Waals surface area contributed by atoms with Crippen molar-refractivity contribution < 1.29 is 39.1 Å². The van der Waals surface area contributed by atoms with Gasteiger partial charge in [-0.15, -0.1) is 0 Å². The second kappa shape index (κ2) is 11.8. The fourth-order valence-electron chi connectivity index (χ4n) is 2.13. The lowest BCUT2D eigenvalue weighted by Crippen LogP contribution is -1.95. The molecule has 8 nitrogen and oxygen atoms in total. The van der Waals surface area contributed by atoms with Gasteiger partial charge in [-0.05, 0) is 54.5 Å². The summed E-state index contributed by atoms with van der Waals surface area (Å²) in [5, 5.41) is 27.3. The van der Waals surface area contributed by atoms with Crippen molar-refractivity contribution in [3.05, 3.63) is 59.2 Å². The molecule has 0 aliphatic rings. The van der Waals surface area contributed by atoms with Crippen molar-refractivity contribution in [2.75, 3.05) is 21.3 Å². The number of hydrogen-bond acceptors (Lipinski definition) is 7. The Labute approximate surface area is 174 Å². The maximum absolute atomic E-state index is 10.8. The average molecular weight is 416 g/mol. The summed E-state index contributed by atoms with van der Waals surface area (Å²) in [6, 6.07) is 9.42. The van der Waals surface area contributed by atoms with Crippen LogP contribution >= 0.6 is 0 Å². The summed E-state index contributed by atoms with van der Waals surface area (Å²) in [6.45, 7) is 1.50. The molecule has 0 aliphatic carbocycles. The topological polar surface area (TPSA) is 123 Å². The predicted octanol–water partition coefficient (Wildman–Crippen LogP) is 3.48. The highest BCUT2D eigenvalue weighted by molar-refractivity contribution is 5.91. The van der Waals surface area contributed by atoms with Crippen molar-refractivity contribution in [1.82, 2.24) is 0 Å². The molecule has 0 fully saturated rings. The van der Waals surface area contributed by atoms with Crippen LogP contribution in [0.2, 0.25) is 0 Å². The molecule has 0 bridgehead atoms. The van der Waals surface area contributed by atoms with E-state index >= 15 is 0 Å². The first-order chi connectivity index (χ1) is 14.2. The lowest BCUT2D eigenvalue weighted by atomic mass is 10.1. The number of ether oxygens (including phenoxy) is 3. The van der Waals surface area contributed by atoms with Crippen LogP contribution in [-0.2, 0) is 14.3 Å². The van der Waals surface area contributed by atoms with Crippen LogP contribution in [0.25, 0.3) is 12.2 Å². The van der Waals surface area contributed by atoms with Gasteiger partial charge in [0, 0.05) is 11.6 Å². The van der Waals surface area contributed by atoms with Crippen LogP contribution in [0.15, 0.2) is 48.0 Å². The van der Waals surface area contributed by atoms with Gasteiger partial charge < -0.3 is 29.5 Å². The van der Waals surface area contributed by atoms with E-state index in [2.05, 4.69) is 4.74 Å². The summed E-state index contributed by atoms with van der Waals surface area (Å²) >= 11 is 0. The zero-order valence-corrected chi connectivity index (χ0v) is 17.1. The number of phenolic OH excluding ortho intramolecular Hbond substituents is 2. The number of carbonyl (C=O) groups excluding carboxylic acids is 1. The largest absolute Gasteiger partial charge is 0.504 e. The Morgan fingerprint density at radius 3 is 1.83 bits per heavy atom. The molecule has 0 saturated heterocycles. The van der Waals surface area contributed by atoms with Gasteiger partial charge in [-0.1, -0.05) is 12.1 Å². The third-order valence-electron chi connectivity index (χ3n) is 3.74. The number of benzene rings is 2. The Morgan fingerprint density at radius 2 is 1.37 bits per heavy atom. The molecule has 8 heteroatoms. The van der Waals surface area contributed by atoms with Crippen molar-refractivity contribution in [2.45, 2.75) is 6.92 Å². The third-order valence-corrected chi connectivity index (χ3v) is 3.74. The minimum absolute atomic E-state index is 0.0302. The first kappa shape index (κ1) is 24.1. The molecule has 0 spiro atoms. The van der Waals surface area contributed by atoms with Gasteiger partial charge in [0.05, 0.1) is 21.3 Å². The van der Waals surface area contributed by atoms with E-state index in [4.69, 9.17) is 14.6 Å². The number of carboxylic acids is 1. The summed E-state index contributed by atoms with van der Waals surface area (Å²) in [6.07, 6.45) is 4.38. The minimum Gasteiger partial charge on any atom is -0.504 e. The van der Waals surface area contributed by atoms with Crippen LogP contribution < -0.4 is 9.47 Å². The van der Waals surface area contributed by atoms with Crippen LogP contribution in [0.5, 0.6) is 23.0 Å². The quantitative estimate of drug-likeness (QED) is 0.483. The van der Waals surface area contributed by atoms with Crippen molar-refractivity contribution >= 4 is 24.1 Å². The molecule has 160 valence electrons. The Hall–Kier alpha value is -3.94. The van der Waals surface area contributed by atoms with Crippen LogP contribution in [0, 0.1) is 0 Å². The second-order valence-corrected chi connectivity index (χ2v) is 5.85. The van der Waals surface area contributed by atoms with E-state index in [1.807, 2.05) is 0 Å². The highest BCUT2D eigenvalue weighted by Crippen LogP contribution is 2.27. The SMILES string of the molecule is COC(=O)/C=C/c1ccc(O)c(OC)c1.COc1cc(C=C(C)C(=O)O)ccc1O. The molecule has 0 radical (unpaired) electrons. The second-order valence-electron chi connectivity index (χ2n) is 5.85. The highest BCUT2D eigenvalue weighted by atomic mass is 16.5.